The van der Waals surface area contributed by atoms with E-state index in [0.29, 0.717) is 23.5 Å². The molecule has 0 bridgehead atoms. The molecule has 0 spiro atoms. The van der Waals surface area contributed by atoms with Crippen LogP contribution in [0.2, 0.25) is 0 Å². The van der Waals surface area contributed by atoms with Gasteiger partial charge in [-0.3, -0.25) is 9.59 Å². The van der Waals surface area contributed by atoms with E-state index in [1.54, 1.807) is 24.3 Å². The van der Waals surface area contributed by atoms with E-state index in [1.165, 1.54) is 0 Å². The number of rotatable bonds is 7. The van der Waals surface area contributed by atoms with Crippen molar-refractivity contribution in [3.05, 3.63) is 82.8 Å². The normalized spacial score (nSPS) is 10.3. The van der Waals surface area contributed by atoms with E-state index in [1.807, 2.05) is 55.5 Å². The quantitative estimate of drug-likeness (QED) is 0.536. The number of nitrogens with one attached hydrogen (secondary N) is 2. The van der Waals surface area contributed by atoms with Crippen molar-refractivity contribution in [2.45, 2.75) is 6.92 Å². The summed E-state index contributed by atoms with van der Waals surface area (Å²) >= 11 is 3.50. The van der Waals surface area contributed by atoms with Crippen LogP contribution in [0.3, 0.4) is 0 Å². The first-order chi connectivity index (χ1) is 14.1. The average molecular weight is 453 g/mol. The molecule has 3 aromatic rings. The third-order valence-corrected chi connectivity index (χ3v) is 4.79. The van der Waals surface area contributed by atoms with Gasteiger partial charge in [-0.25, -0.2) is 0 Å². The average Bonchev–Trinajstić information content (AvgIpc) is 2.74. The standard InChI is InChI=1S/C23H21BrN2O3/c1-2-25-23(28)17-8-11-19(12-9-17)26-22(27)15-29-21-13-10-18(14-20(21)24)16-6-4-3-5-7-16/h3-14H,2,15H2,1H3,(H,25,28)(H,26,27). The van der Waals surface area contributed by atoms with E-state index in [9.17, 15) is 9.59 Å². The fraction of sp³-hybridized carbons (Fsp3) is 0.130. The lowest BCUT2D eigenvalue weighted by Crippen LogP contribution is -2.23. The molecule has 0 saturated carbocycles. The van der Waals surface area contributed by atoms with Gasteiger partial charge >= 0.3 is 0 Å². The molecule has 0 aliphatic rings. The minimum atomic E-state index is -0.283. The van der Waals surface area contributed by atoms with Gasteiger partial charge in [-0.2, -0.15) is 0 Å². The molecule has 0 saturated heterocycles. The van der Waals surface area contributed by atoms with Crippen LogP contribution < -0.4 is 15.4 Å². The molecule has 0 atom stereocenters. The second kappa shape index (κ2) is 9.89. The molecule has 148 valence electrons. The van der Waals surface area contributed by atoms with Gasteiger partial charge in [0.1, 0.15) is 5.75 Å². The number of ether oxygens (including phenoxy) is 1. The van der Waals surface area contributed by atoms with Crippen LogP contribution in [0.15, 0.2) is 77.3 Å². The number of hydrogen-bond acceptors (Lipinski definition) is 3. The summed E-state index contributed by atoms with van der Waals surface area (Å²) in [6, 6.07) is 22.5. The summed E-state index contributed by atoms with van der Waals surface area (Å²) in [5.74, 6) is 0.165. The maximum Gasteiger partial charge on any atom is 0.262 e. The van der Waals surface area contributed by atoms with Crippen LogP contribution in [0.4, 0.5) is 5.69 Å². The van der Waals surface area contributed by atoms with Gasteiger partial charge in [0.05, 0.1) is 4.47 Å². The van der Waals surface area contributed by atoms with Gasteiger partial charge in [0.2, 0.25) is 0 Å². The Morgan fingerprint density at radius 3 is 2.31 bits per heavy atom. The highest BCUT2D eigenvalue weighted by atomic mass is 79.9. The van der Waals surface area contributed by atoms with E-state index < -0.39 is 0 Å². The summed E-state index contributed by atoms with van der Waals surface area (Å²) in [4.78, 5) is 23.9. The number of carbonyl (C=O) groups is 2. The van der Waals surface area contributed by atoms with Crippen LogP contribution in [0.25, 0.3) is 11.1 Å². The summed E-state index contributed by atoms with van der Waals surface area (Å²) in [6.45, 7) is 2.30. The SMILES string of the molecule is CCNC(=O)c1ccc(NC(=O)COc2ccc(-c3ccccc3)cc2Br)cc1. The van der Waals surface area contributed by atoms with Gasteiger partial charge in [-0.1, -0.05) is 36.4 Å². The molecule has 0 radical (unpaired) electrons. The Balaban J connectivity index is 1.56. The molecule has 2 N–H and O–H groups in total. The summed E-state index contributed by atoms with van der Waals surface area (Å²) in [7, 11) is 0. The highest BCUT2D eigenvalue weighted by molar-refractivity contribution is 9.10. The van der Waals surface area contributed by atoms with Gasteiger partial charge < -0.3 is 15.4 Å². The molecule has 3 rings (SSSR count). The highest BCUT2D eigenvalue weighted by Crippen LogP contribution is 2.30. The number of amides is 2. The van der Waals surface area contributed by atoms with Crippen LogP contribution in [0, 0.1) is 0 Å². The van der Waals surface area contributed by atoms with Crippen molar-refractivity contribution in [3.63, 3.8) is 0 Å². The number of benzene rings is 3. The van der Waals surface area contributed by atoms with Crippen LogP contribution in [-0.4, -0.2) is 25.0 Å². The van der Waals surface area contributed by atoms with Crippen LogP contribution in [-0.2, 0) is 4.79 Å². The predicted octanol–water partition coefficient (Wildman–Crippen LogP) is 4.88. The van der Waals surface area contributed by atoms with Crippen molar-refractivity contribution < 1.29 is 14.3 Å². The molecule has 5 nitrogen and oxygen atoms in total. The number of hydrogen-bond donors (Lipinski definition) is 2. The van der Waals surface area contributed by atoms with Crippen LogP contribution in [0.1, 0.15) is 17.3 Å². The summed E-state index contributed by atoms with van der Waals surface area (Å²) in [5, 5.41) is 5.49. The summed E-state index contributed by atoms with van der Waals surface area (Å²) in [5.41, 5.74) is 3.31. The number of carbonyl (C=O) groups excluding carboxylic acids is 2. The molecule has 0 aromatic heterocycles. The Kier molecular flexibility index (Phi) is 7.03. The molecule has 0 aliphatic carbocycles. The molecule has 0 unspecified atom stereocenters. The zero-order valence-corrected chi connectivity index (χ0v) is 17.5. The zero-order chi connectivity index (χ0) is 20.6. The minimum Gasteiger partial charge on any atom is -0.483 e. The highest BCUT2D eigenvalue weighted by Gasteiger charge is 2.09. The molecule has 6 heteroatoms. The van der Waals surface area contributed by atoms with E-state index in [2.05, 4.69) is 26.6 Å². The minimum absolute atomic E-state index is 0.124. The second-order valence-corrected chi connectivity index (χ2v) is 7.14. The Morgan fingerprint density at radius 1 is 0.931 bits per heavy atom. The van der Waals surface area contributed by atoms with E-state index >= 15 is 0 Å². The molecule has 0 aliphatic heterocycles. The van der Waals surface area contributed by atoms with Crippen molar-refractivity contribution in [2.24, 2.45) is 0 Å². The van der Waals surface area contributed by atoms with Gasteiger partial charge in [0.15, 0.2) is 6.61 Å². The lowest BCUT2D eigenvalue weighted by Gasteiger charge is -2.11. The fourth-order valence-corrected chi connectivity index (χ4v) is 3.23. The monoisotopic (exact) mass is 452 g/mol. The molecule has 0 fully saturated rings. The summed E-state index contributed by atoms with van der Waals surface area (Å²) < 4.78 is 6.41. The molecule has 2 amide bonds. The molecule has 3 aromatic carbocycles. The largest absolute Gasteiger partial charge is 0.483 e. The lowest BCUT2D eigenvalue weighted by molar-refractivity contribution is -0.118. The maximum absolute atomic E-state index is 12.2. The smallest absolute Gasteiger partial charge is 0.262 e. The molecular formula is C23H21BrN2O3. The fourth-order valence-electron chi connectivity index (χ4n) is 2.74. The lowest BCUT2D eigenvalue weighted by atomic mass is 10.1. The Morgan fingerprint density at radius 2 is 1.66 bits per heavy atom. The third kappa shape index (κ3) is 5.68. The van der Waals surface area contributed by atoms with Crippen molar-refractivity contribution in [1.82, 2.24) is 5.32 Å². The van der Waals surface area contributed by atoms with Gasteiger partial charge in [-0.05, 0) is 70.4 Å². The zero-order valence-electron chi connectivity index (χ0n) is 15.9. The summed E-state index contributed by atoms with van der Waals surface area (Å²) in [6.07, 6.45) is 0. The van der Waals surface area contributed by atoms with E-state index in [4.69, 9.17) is 4.74 Å². The molecular weight excluding hydrogens is 432 g/mol. The van der Waals surface area contributed by atoms with Crippen molar-refractivity contribution >= 4 is 33.4 Å². The van der Waals surface area contributed by atoms with Gasteiger partial charge in [-0.15, -0.1) is 0 Å². The predicted molar refractivity (Wildman–Crippen MR) is 118 cm³/mol. The first kappa shape index (κ1) is 20.6. The van der Waals surface area contributed by atoms with E-state index in [0.717, 1.165) is 15.6 Å². The van der Waals surface area contributed by atoms with Gasteiger partial charge in [0.25, 0.3) is 11.8 Å². The van der Waals surface area contributed by atoms with Crippen molar-refractivity contribution in [2.75, 3.05) is 18.5 Å². The first-order valence-electron chi connectivity index (χ1n) is 9.22. The first-order valence-corrected chi connectivity index (χ1v) is 10.0. The molecule has 0 heterocycles. The number of anilines is 1. The topological polar surface area (TPSA) is 67.4 Å². The molecule has 29 heavy (non-hydrogen) atoms. The third-order valence-electron chi connectivity index (χ3n) is 4.17. The van der Waals surface area contributed by atoms with Crippen molar-refractivity contribution in [1.29, 1.82) is 0 Å². The Hall–Kier alpha value is -3.12. The maximum atomic E-state index is 12.2. The second-order valence-electron chi connectivity index (χ2n) is 6.28. The van der Waals surface area contributed by atoms with Gasteiger partial charge in [0, 0.05) is 17.8 Å². The Labute approximate surface area is 178 Å². The van der Waals surface area contributed by atoms with Crippen molar-refractivity contribution in [3.8, 4) is 16.9 Å². The Bertz CT molecular complexity index is 989. The van der Waals surface area contributed by atoms with Crippen LogP contribution in [0.5, 0.6) is 5.75 Å². The van der Waals surface area contributed by atoms with Crippen LogP contribution >= 0.6 is 15.9 Å². The number of halogens is 1. The van der Waals surface area contributed by atoms with E-state index in [-0.39, 0.29) is 18.4 Å².